The van der Waals surface area contributed by atoms with Crippen molar-refractivity contribution in [3.05, 3.63) is 70.8 Å². The van der Waals surface area contributed by atoms with Gasteiger partial charge < -0.3 is 15.0 Å². The fraction of sp³-hybridized carbons (Fsp3) is 0.316. The zero-order valence-electron chi connectivity index (χ0n) is 13.4. The predicted octanol–water partition coefficient (Wildman–Crippen LogP) is 2.93. The summed E-state index contributed by atoms with van der Waals surface area (Å²) in [5.41, 5.74) is 4.44. The summed E-state index contributed by atoms with van der Waals surface area (Å²) in [5.74, 6) is 0.101. The van der Waals surface area contributed by atoms with E-state index in [0.717, 1.165) is 24.2 Å². The van der Waals surface area contributed by atoms with Gasteiger partial charge in [0.2, 0.25) is 0 Å². The molecule has 0 spiro atoms. The molecule has 126 valence electrons. The molecule has 2 aromatic carbocycles. The molecule has 2 aliphatic heterocycles. The molecule has 0 aromatic heterocycles. The van der Waals surface area contributed by atoms with Crippen LogP contribution >= 0.6 is 12.4 Å². The number of rotatable bonds is 2. The van der Waals surface area contributed by atoms with Gasteiger partial charge >= 0.3 is 0 Å². The maximum atomic E-state index is 12.8. The summed E-state index contributed by atoms with van der Waals surface area (Å²) < 4.78 is 5.85. The number of morpholine rings is 1. The highest BCUT2D eigenvalue weighted by molar-refractivity contribution is 5.94. The van der Waals surface area contributed by atoms with E-state index >= 15 is 0 Å². The van der Waals surface area contributed by atoms with Crippen LogP contribution in [0.5, 0.6) is 0 Å². The van der Waals surface area contributed by atoms with Crippen molar-refractivity contribution in [2.24, 2.45) is 0 Å². The largest absolute Gasteiger partial charge is 0.370 e. The van der Waals surface area contributed by atoms with Crippen molar-refractivity contribution in [2.45, 2.75) is 19.2 Å². The molecule has 0 radical (unpaired) electrons. The summed E-state index contributed by atoms with van der Waals surface area (Å²) in [5, 5.41) is 3.32. The minimum atomic E-state index is -0.0370. The van der Waals surface area contributed by atoms with Gasteiger partial charge in [0.05, 0.1) is 13.2 Å². The first-order valence-electron chi connectivity index (χ1n) is 8.09. The maximum absolute atomic E-state index is 12.8. The molecule has 2 heterocycles. The number of nitrogens with one attached hydrogen (secondary N) is 1. The Morgan fingerprint density at radius 1 is 1.08 bits per heavy atom. The van der Waals surface area contributed by atoms with Crippen molar-refractivity contribution in [3.8, 4) is 0 Å². The van der Waals surface area contributed by atoms with Crippen LogP contribution in [0.4, 0.5) is 0 Å². The van der Waals surface area contributed by atoms with Crippen LogP contribution in [-0.2, 0) is 17.8 Å². The zero-order chi connectivity index (χ0) is 15.6. The van der Waals surface area contributed by atoms with Crippen molar-refractivity contribution in [1.82, 2.24) is 10.2 Å². The molecule has 1 fully saturated rings. The van der Waals surface area contributed by atoms with Gasteiger partial charge in [-0.15, -0.1) is 12.4 Å². The minimum Gasteiger partial charge on any atom is -0.370 e. The average molecular weight is 345 g/mol. The monoisotopic (exact) mass is 344 g/mol. The molecule has 4 nitrogen and oxygen atoms in total. The van der Waals surface area contributed by atoms with Crippen LogP contribution in [0.3, 0.4) is 0 Å². The number of hydrogen-bond acceptors (Lipinski definition) is 3. The molecule has 1 unspecified atom stereocenters. The van der Waals surface area contributed by atoms with Crippen molar-refractivity contribution in [2.75, 3.05) is 19.7 Å². The van der Waals surface area contributed by atoms with E-state index in [2.05, 4.69) is 23.5 Å². The first-order chi connectivity index (χ1) is 11.3. The Kier molecular flexibility index (Phi) is 5.19. The third-order valence-electron chi connectivity index (χ3n) is 4.61. The van der Waals surface area contributed by atoms with Crippen LogP contribution in [0.15, 0.2) is 48.5 Å². The number of carbonyl (C=O) groups excluding carboxylic acids is 1. The van der Waals surface area contributed by atoms with Gasteiger partial charge in [0.25, 0.3) is 5.91 Å². The number of benzene rings is 2. The van der Waals surface area contributed by atoms with Gasteiger partial charge in [-0.3, -0.25) is 4.79 Å². The second-order valence-electron chi connectivity index (χ2n) is 6.11. The van der Waals surface area contributed by atoms with E-state index in [0.29, 0.717) is 19.7 Å². The van der Waals surface area contributed by atoms with E-state index in [9.17, 15) is 4.79 Å². The van der Waals surface area contributed by atoms with E-state index in [-0.39, 0.29) is 24.4 Å². The molecular weight excluding hydrogens is 324 g/mol. The van der Waals surface area contributed by atoms with Crippen molar-refractivity contribution in [1.29, 1.82) is 0 Å². The Morgan fingerprint density at radius 2 is 1.88 bits per heavy atom. The van der Waals surface area contributed by atoms with Crippen molar-refractivity contribution >= 4 is 18.3 Å². The highest BCUT2D eigenvalue weighted by atomic mass is 35.5. The smallest absolute Gasteiger partial charge is 0.254 e. The quantitative estimate of drug-likeness (QED) is 0.910. The lowest BCUT2D eigenvalue weighted by Gasteiger charge is -2.33. The van der Waals surface area contributed by atoms with Crippen LogP contribution in [0.2, 0.25) is 0 Å². The van der Waals surface area contributed by atoms with Gasteiger partial charge in [-0.1, -0.05) is 36.4 Å². The molecule has 0 saturated carbocycles. The highest BCUT2D eigenvalue weighted by Gasteiger charge is 2.26. The van der Waals surface area contributed by atoms with Gasteiger partial charge in [0, 0.05) is 25.2 Å². The first kappa shape index (κ1) is 17.0. The SMILES string of the molecule is Cl.O=C(c1ccc2c(c1)CNC2)N1CCOC(c2ccccc2)C1. The topological polar surface area (TPSA) is 41.6 Å². The first-order valence-corrected chi connectivity index (χ1v) is 8.09. The summed E-state index contributed by atoms with van der Waals surface area (Å²) in [7, 11) is 0. The predicted molar refractivity (Wildman–Crippen MR) is 95.3 cm³/mol. The zero-order valence-corrected chi connectivity index (χ0v) is 14.2. The molecule has 1 atom stereocenters. The fourth-order valence-corrected chi connectivity index (χ4v) is 3.31. The normalized spacial score (nSPS) is 19.5. The second-order valence-corrected chi connectivity index (χ2v) is 6.11. The molecule has 4 rings (SSSR count). The lowest BCUT2D eigenvalue weighted by atomic mass is 10.0. The van der Waals surface area contributed by atoms with Gasteiger partial charge in [-0.05, 0) is 28.8 Å². The van der Waals surface area contributed by atoms with E-state index in [1.165, 1.54) is 11.1 Å². The molecule has 0 bridgehead atoms. The average Bonchev–Trinajstić information content (AvgIpc) is 3.09. The molecule has 0 aliphatic carbocycles. The second kappa shape index (κ2) is 7.34. The molecule has 5 heteroatoms. The van der Waals surface area contributed by atoms with Crippen molar-refractivity contribution < 1.29 is 9.53 Å². The standard InChI is InChI=1S/C19H20N2O2.ClH/c22-19(15-6-7-16-11-20-12-17(16)10-15)21-8-9-23-18(13-21)14-4-2-1-3-5-14;/h1-7,10,18,20H,8-9,11-13H2;1H. The third kappa shape index (κ3) is 3.31. The number of amides is 1. The summed E-state index contributed by atoms with van der Waals surface area (Å²) >= 11 is 0. The van der Waals surface area contributed by atoms with E-state index < -0.39 is 0 Å². The molecule has 1 saturated heterocycles. The van der Waals surface area contributed by atoms with E-state index in [4.69, 9.17) is 4.74 Å². The summed E-state index contributed by atoms with van der Waals surface area (Å²) in [4.78, 5) is 14.7. The molecular formula is C19H21ClN2O2. The van der Waals surface area contributed by atoms with Crippen LogP contribution < -0.4 is 5.32 Å². The van der Waals surface area contributed by atoms with Crippen LogP contribution in [0.25, 0.3) is 0 Å². The highest BCUT2D eigenvalue weighted by Crippen LogP contribution is 2.24. The van der Waals surface area contributed by atoms with E-state index in [1.807, 2.05) is 35.2 Å². The Morgan fingerprint density at radius 3 is 2.71 bits per heavy atom. The Hall–Kier alpha value is -1.88. The van der Waals surface area contributed by atoms with E-state index in [1.54, 1.807) is 0 Å². The number of halogens is 1. The third-order valence-corrected chi connectivity index (χ3v) is 4.61. The lowest BCUT2D eigenvalue weighted by molar-refractivity contribution is -0.0228. The van der Waals surface area contributed by atoms with Gasteiger partial charge in [0.15, 0.2) is 0 Å². The summed E-state index contributed by atoms with van der Waals surface area (Å²) in [6.07, 6.45) is -0.0370. The Labute approximate surface area is 148 Å². The maximum Gasteiger partial charge on any atom is 0.254 e. The van der Waals surface area contributed by atoms with Gasteiger partial charge in [-0.2, -0.15) is 0 Å². The summed E-state index contributed by atoms with van der Waals surface area (Å²) in [6, 6.07) is 16.2. The van der Waals surface area contributed by atoms with Gasteiger partial charge in [-0.25, -0.2) is 0 Å². The fourth-order valence-electron chi connectivity index (χ4n) is 3.31. The Bertz CT molecular complexity index is 721. The van der Waals surface area contributed by atoms with Gasteiger partial charge in [0.1, 0.15) is 6.10 Å². The number of carbonyl (C=O) groups is 1. The molecule has 2 aliphatic rings. The number of nitrogens with zero attached hydrogens (tertiary/aromatic N) is 1. The summed E-state index contributed by atoms with van der Waals surface area (Å²) in [6.45, 7) is 3.59. The van der Waals surface area contributed by atoms with Crippen LogP contribution in [0, 0.1) is 0 Å². The number of hydrogen-bond donors (Lipinski definition) is 1. The van der Waals surface area contributed by atoms with Crippen LogP contribution in [-0.4, -0.2) is 30.5 Å². The van der Waals surface area contributed by atoms with Crippen molar-refractivity contribution in [3.63, 3.8) is 0 Å². The lowest BCUT2D eigenvalue weighted by Crippen LogP contribution is -2.42. The molecule has 2 aromatic rings. The van der Waals surface area contributed by atoms with Crippen LogP contribution in [0.1, 0.15) is 33.2 Å². The molecule has 24 heavy (non-hydrogen) atoms. The minimum absolute atomic E-state index is 0. The molecule has 1 N–H and O–H groups in total. The number of ether oxygens (including phenoxy) is 1. The number of fused-ring (bicyclic) bond motifs is 1. The Balaban J connectivity index is 0.00000169. The molecule has 1 amide bonds.